The summed E-state index contributed by atoms with van der Waals surface area (Å²) in [6.45, 7) is 1.12. The van der Waals surface area contributed by atoms with Gasteiger partial charge in [0, 0.05) is 24.1 Å². The molecule has 3 aromatic rings. The van der Waals surface area contributed by atoms with Gasteiger partial charge < -0.3 is 14.1 Å². The maximum atomic E-state index is 12.7. The van der Waals surface area contributed by atoms with E-state index in [-0.39, 0.29) is 17.9 Å². The molecule has 1 aliphatic rings. The average Bonchev–Trinajstić information content (AvgIpc) is 3.38. The molecule has 6 nitrogen and oxygen atoms in total. The lowest BCUT2D eigenvalue weighted by molar-refractivity contribution is 0.0772. The van der Waals surface area contributed by atoms with Gasteiger partial charge in [-0.3, -0.25) is 4.79 Å². The zero-order valence-electron chi connectivity index (χ0n) is 14.8. The van der Waals surface area contributed by atoms with Crippen LogP contribution >= 0.6 is 0 Å². The number of nitrogens with zero attached hydrogens (tertiary/aromatic N) is 3. The van der Waals surface area contributed by atoms with Crippen LogP contribution in [0.3, 0.4) is 0 Å². The second-order valence-corrected chi connectivity index (χ2v) is 6.42. The van der Waals surface area contributed by atoms with Crippen molar-refractivity contribution in [2.75, 3.05) is 13.1 Å². The molecule has 28 heavy (non-hydrogen) atoms. The van der Waals surface area contributed by atoms with Crippen LogP contribution < -0.4 is 4.74 Å². The normalized spacial score (nSPS) is 16.5. The van der Waals surface area contributed by atoms with Gasteiger partial charge in [0.1, 0.15) is 11.9 Å². The van der Waals surface area contributed by atoms with E-state index in [0.29, 0.717) is 24.2 Å². The molecule has 1 atom stereocenters. The standard InChI is InChI=1S/C20H17F2N3O3/c21-17(22)19-24-23-18(28-19)13-6-8-14(9-7-13)20(26)25-11-10-16(12-25)27-15-4-2-1-3-5-15/h1-9,16-17H,10-12H2/t16-/m1/s1. The Morgan fingerprint density at radius 3 is 2.54 bits per heavy atom. The van der Waals surface area contributed by atoms with Crippen LogP contribution in [0, 0.1) is 0 Å². The van der Waals surface area contributed by atoms with Gasteiger partial charge in [0.25, 0.3) is 11.8 Å². The molecule has 0 saturated carbocycles. The molecule has 1 amide bonds. The SMILES string of the molecule is O=C(c1ccc(-c2nnc(C(F)F)o2)cc1)N1CC[C@@H](Oc2ccccc2)C1. The van der Waals surface area contributed by atoms with Crippen LogP contribution in [0.1, 0.15) is 29.1 Å². The molecular formula is C20H17F2N3O3. The van der Waals surface area contributed by atoms with Crippen molar-refractivity contribution in [3.8, 4) is 17.2 Å². The first kappa shape index (κ1) is 18.1. The van der Waals surface area contributed by atoms with Crippen molar-refractivity contribution < 1.29 is 22.7 Å². The molecule has 1 aliphatic heterocycles. The number of amides is 1. The fourth-order valence-electron chi connectivity index (χ4n) is 3.08. The lowest BCUT2D eigenvalue weighted by atomic mass is 10.1. The van der Waals surface area contributed by atoms with Crippen LogP contribution in [0.5, 0.6) is 5.75 Å². The van der Waals surface area contributed by atoms with E-state index in [4.69, 9.17) is 9.15 Å². The van der Waals surface area contributed by atoms with Crippen LogP contribution in [0.4, 0.5) is 8.78 Å². The van der Waals surface area contributed by atoms with E-state index >= 15 is 0 Å². The molecular weight excluding hydrogens is 368 g/mol. The van der Waals surface area contributed by atoms with E-state index < -0.39 is 12.3 Å². The maximum Gasteiger partial charge on any atom is 0.314 e. The molecule has 0 N–H and O–H groups in total. The summed E-state index contributed by atoms with van der Waals surface area (Å²) < 4.78 is 35.9. The predicted molar refractivity (Wildman–Crippen MR) is 96.1 cm³/mol. The third-order valence-corrected chi connectivity index (χ3v) is 4.48. The number of aromatic nitrogens is 2. The number of carbonyl (C=O) groups is 1. The Balaban J connectivity index is 1.39. The number of hydrogen-bond acceptors (Lipinski definition) is 5. The highest BCUT2D eigenvalue weighted by Gasteiger charge is 2.28. The largest absolute Gasteiger partial charge is 0.489 e. The van der Waals surface area contributed by atoms with Gasteiger partial charge in [-0.05, 0) is 36.4 Å². The van der Waals surface area contributed by atoms with E-state index in [0.717, 1.165) is 12.2 Å². The number of para-hydroxylation sites is 1. The molecule has 144 valence electrons. The molecule has 1 aromatic heterocycles. The lowest BCUT2D eigenvalue weighted by Gasteiger charge is -2.17. The van der Waals surface area contributed by atoms with E-state index in [2.05, 4.69) is 10.2 Å². The number of carbonyl (C=O) groups excluding carboxylic acids is 1. The number of halogens is 2. The van der Waals surface area contributed by atoms with Crippen molar-refractivity contribution in [2.24, 2.45) is 0 Å². The quantitative estimate of drug-likeness (QED) is 0.665. The molecule has 8 heteroatoms. The average molecular weight is 385 g/mol. The minimum absolute atomic E-state index is 0.00760. The van der Waals surface area contributed by atoms with Gasteiger partial charge in [0.05, 0.1) is 6.54 Å². The molecule has 0 bridgehead atoms. The number of benzene rings is 2. The maximum absolute atomic E-state index is 12.7. The Bertz CT molecular complexity index is 945. The third kappa shape index (κ3) is 3.85. The second kappa shape index (κ2) is 7.75. The second-order valence-electron chi connectivity index (χ2n) is 6.42. The van der Waals surface area contributed by atoms with Crippen LogP contribution in [0.25, 0.3) is 11.5 Å². The number of alkyl halides is 2. The van der Waals surface area contributed by atoms with Crippen molar-refractivity contribution >= 4 is 5.91 Å². The van der Waals surface area contributed by atoms with Crippen molar-refractivity contribution in [3.05, 3.63) is 66.1 Å². The predicted octanol–water partition coefficient (Wildman–Crippen LogP) is 3.97. The Kier molecular flexibility index (Phi) is 5.01. The lowest BCUT2D eigenvalue weighted by Crippen LogP contribution is -2.30. The molecule has 0 radical (unpaired) electrons. The molecule has 0 spiro atoms. The summed E-state index contributed by atoms with van der Waals surface area (Å²) in [6.07, 6.45) is -2.10. The summed E-state index contributed by atoms with van der Waals surface area (Å²) in [6, 6.07) is 16.0. The van der Waals surface area contributed by atoms with Gasteiger partial charge >= 0.3 is 6.43 Å². The summed E-state index contributed by atoms with van der Waals surface area (Å²) in [4.78, 5) is 14.4. The molecule has 0 aliphatic carbocycles. The molecule has 1 saturated heterocycles. The topological polar surface area (TPSA) is 68.5 Å². The Morgan fingerprint density at radius 1 is 1.11 bits per heavy atom. The Hall–Kier alpha value is -3.29. The van der Waals surface area contributed by atoms with Crippen molar-refractivity contribution in [2.45, 2.75) is 19.0 Å². The summed E-state index contributed by atoms with van der Waals surface area (Å²) in [5.41, 5.74) is 0.973. The van der Waals surface area contributed by atoms with E-state index in [1.807, 2.05) is 30.3 Å². The van der Waals surface area contributed by atoms with Crippen molar-refractivity contribution in [1.29, 1.82) is 0 Å². The Morgan fingerprint density at radius 2 is 1.86 bits per heavy atom. The van der Waals surface area contributed by atoms with Crippen molar-refractivity contribution in [1.82, 2.24) is 15.1 Å². The van der Waals surface area contributed by atoms with Crippen molar-refractivity contribution in [3.63, 3.8) is 0 Å². The van der Waals surface area contributed by atoms with E-state index in [9.17, 15) is 13.6 Å². The van der Waals surface area contributed by atoms with Gasteiger partial charge in [0.2, 0.25) is 5.89 Å². The molecule has 0 unspecified atom stereocenters. The zero-order chi connectivity index (χ0) is 19.5. The van der Waals surface area contributed by atoms with E-state index in [1.165, 1.54) is 0 Å². The first-order valence-electron chi connectivity index (χ1n) is 8.83. The fourth-order valence-corrected chi connectivity index (χ4v) is 3.08. The minimum atomic E-state index is -2.82. The number of ether oxygens (including phenoxy) is 1. The summed E-state index contributed by atoms with van der Waals surface area (Å²) >= 11 is 0. The minimum Gasteiger partial charge on any atom is -0.489 e. The van der Waals surface area contributed by atoms with Gasteiger partial charge in [-0.25, -0.2) is 0 Å². The highest BCUT2D eigenvalue weighted by Crippen LogP contribution is 2.24. The monoisotopic (exact) mass is 385 g/mol. The molecule has 2 aromatic carbocycles. The van der Waals surface area contributed by atoms with E-state index in [1.54, 1.807) is 29.2 Å². The summed E-state index contributed by atoms with van der Waals surface area (Å²) in [5.74, 6) is -0.0538. The molecule has 2 heterocycles. The van der Waals surface area contributed by atoms with Crippen LogP contribution in [0.2, 0.25) is 0 Å². The molecule has 4 rings (SSSR count). The zero-order valence-corrected chi connectivity index (χ0v) is 14.8. The molecule has 1 fully saturated rings. The first-order valence-corrected chi connectivity index (χ1v) is 8.83. The van der Waals surface area contributed by atoms with Gasteiger partial charge in [-0.15, -0.1) is 10.2 Å². The number of rotatable bonds is 5. The van der Waals surface area contributed by atoms with Gasteiger partial charge in [-0.2, -0.15) is 8.78 Å². The third-order valence-electron chi connectivity index (χ3n) is 4.48. The highest BCUT2D eigenvalue weighted by molar-refractivity contribution is 5.94. The van der Waals surface area contributed by atoms with Crippen LogP contribution in [-0.2, 0) is 0 Å². The Labute approximate surface area is 159 Å². The highest BCUT2D eigenvalue weighted by atomic mass is 19.3. The van der Waals surface area contributed by atoms with Gasteiger partial charge in [-0.1, -0.05) is 18.2 Å². The smallest absolute Gasteiger partial charge is 0.314 e. The van der Waals surface area contributed by atoms with Gasteiger partial charge in [0.15, 0.2) is 0 Å². The van der Waals surface area contributed by atoms with Crippen LogP contribution in [0.15, 0.2) is 59.0 Å². The summed E-state index contributed by atoms with van der Waals surface area (Å²) in [7, 11) is 0. The fraction of sp³-hybridized carbons (Fsp3) is 0.250. The summed E-state index contributed by atoms with van der Waals surface area (Å²) in [5, 5.41) is 6.90. The number of hydrogen-bond donors (Lipinski definition) is 0. The van der Waals surface area contributed by atoms with Crippen LogP contribution in [-0.4, -0.2) is 40.2 Å². The first-order chi connectivity index (χ1) is 13.6. The number of likely N-dealkylation sites (tertiary alicyclic amines) is 1.